The van der Waals surface area contributed by atoms with Crippen molar-refractivity contribution in [2.24, 2.45) is 0 Å². The molecule has 6 heteroatoms. The number of nitrogens with one attached hydrogen (secondary N) is 1. The summed E-state index contributed by atoms with van der Waals surface area (Å²) in [5, 5.41) is 7.34. The molecule has 5 nitrogen and oxygen atoms in total. The first-order valence-electron chi connectivity index (χ1n) is 6.66. The van der Waals surface area contributed by atoms with Gasteiger partial charge in [-0.3, -0.25) is 4.68 Å². The highest BCUT2D eigenvalue weighted by Gasteiger charge is 2.13. The van der Waals surface area contributed by atoms with Gasteiger partial charge in [0.25, 0.3) is 0 Å². The van der Waals surface area contributed by atoms with Gasteiger partial charge in [-0.2, -0.15) is 5.10 Å². The first-order valence-corrected chi connectivity index (χ1v) is 6.66. The Kier molecular flexibility index (Phi) is 4.57. The van der Waals surface area contributed by atoms with Gasteiger partial charge in [0, 0.05) is 30.0 Å². The van der Waals surface area contributed by atoms with Crippen molar-refractivity contribution in [3.8, 4) is 0 Å². The molecule has 112 valence electrons. The second-order valence-electron chi connectivity index (χ2n) is 4.96. The summed E-state index contributed by atoms with van der Waals surface area (Å²) >= 11 is 0. The number of rotatable bonds is 5. The number of esters is 1. The van der Waals surface area contributed by atoms with Gasteiger partial charge in [0.2, 0.25) is 0 Å². The maximum atomic E-state index is 13.3. The number of hydrogen-bond donors (Lipinski definition) is 1. The molecule has 2 aromatic rings. The number of halogens is 1. The maximum Gasteiger partial charge on any atom is 0.340 e. The van der Waals surface area contributed by atoms with Crippen LogP contribution in [0.5, 0.6) is 0 Å². The second-order valence-corrected chi connectivity index (χ2v) is 4.96. The fourth-order valence-corrected chi connectivity index (χ4v) is 1.90. The monoisotopic (exact) mass is 291 g/mol. The van der Waals surface area contributed by atoms with Crippen molar-refractivity contribution >= 4 is 11.7 Å². The van der Waals surface area contributed by atoms with Gasteiger partial charge < -0.3 is 10.1 Å². The van der Waals surface area contributed by atoms with E-state index < -0.39 is 11.8 Å². The van der Waals surface area contributed by atoms with Crippen molar-refractivity contribution in [3.05, 3.63) is 47.5 Å². The Balaban J connectivity index is 2.13. The van der Waals surface area contributed by atoms with E-state index in [-0.39, 0.29) is 11.6 Å². The average Bonchev–Trinajstić information content (AvgIpc) is 2.94. The average molecular weight is 291 g/mol. The van der Waals surface area contributed by atoms with Crippen LogP contribution in [-0.2, 0) is 11.3 Å². The third kappa shape index (κ3) is 3.59. The number of anilines is 1. The van der Waals surface area contributed by atoms with E-state index in [2.05, 4.69) is 15.2 Å². The molecule has 0 aliphatic heterocycles. The van der Waals surface area contributed by atoms with Gasteiger partial charge in [0.15, 0.2) is 0 Å². The van der Waals surface area contributed by atoms with Crippen LogP contribution in [0.25, 0.3) is 0 Å². The summed E-state index contributed by atoms with van der Waals surface area (Å²) < 4.78 is 19.8. The second kappa shape index (κ2) is 6.39. The van der Waals surface area contributed by atoms with Crippen molar-refractivity contribution in [3.63, 3.8) is 0 Å². The quantitative estimate of drug-likeness (QED) is 0.860. The number of methoxy groups -OCH3 is 1. The van der Waals surface area contributed by atoms with Gasteiger partial charge in [-0.05, 0) is 32.0 Å². The SMILES string of the molecule is COC(=O)c1cc(F)ccc1NCc1cnn(C(C)C)c1. The van der Waals surface area contributed by atoms with Crippen LogP contribution < -0.4 is 5.32 Å². The highest BCUT2D eigenvalue weighted by atomic mass is 19.1. The van der Waals surface area contributed by atoms with Gasteiger partial charge in [-0.25, -0.2) is 9.18 Å². The van der Waals surface area contributed by atoms with Crippen LogP contribution in [0.3, 0.4) is 0 Å². The first-order chi connectivity index (χ1) is 10.0. The molecule has 0 atom stereocenters. The van der Waals surface area contributed by atoms with E-state index in [0.29, 0.717) is 12.2 Å². The summed E-state index contributed by atoms with van der Waals surface area (Å²) in [7, 11) is 1.27. The normalized spacial score (nSPS) is 10.7. The minimum absolute atomic E-state index is 0.175. The van der Waals surface area contributed by atoms with Crippen LogP contribution >= 0.6 is 0 Å². The van der Waals surface area contributed by atoms with E-state index in [9.17, 15) is 9.18 Å². The number of carbonyl (C=O) groups excluding carboxylic acids is 1. The molecule has 1 aromatic heterocycles. The van der Waals surface area contributed by atoms with Crippen molar-refractivity contribution in [1.29, 1.82) is 0 Å². The van der Waals surface area contributed by atoms with Gasteiger partial charge in [-0.1, -0.05) is 0 Å². The number of carbonyl (C=O) groups is 1. The van der Waals surface area contributed by atoms with Crippen LogP contribution in [0.15, 0.2) is 30.6 Å². The molecule has 0 spiro atoms. The molecule has 0 radical (unpaired) electrons. The fraction of sp³-hybridized carbons (Fsp3) is 0.333. The maximum absolute atomic E-state index is 13.3. The summed E-state index contributed by atoms with van der Waals surface area (Å²) in [6.07, 6.45) is 3.69. The smallest absolute Gasteiger partial charge is 0.340 e. The summed E-state index contributed by atoms with van der Waals surface area (Å²) in [5.74, 6) is -1.05. The van der Waals surface area contributed by atoms with E-state index in [1.165, 1.54) is 19.2 Å². The predicted octanol–water partition coefficient (Wildman–Crippen LogP) is 3.00. The van der Waals surface area contributed by atoms with Crippen LogP contribution in [0.1, 0.15) is 35.8 Å². The van der Waals surface area contributed by atoms with Crippen molar-refractivity contribution in [2.75, 3.05) is 12.4 Å². The van der Waals surface area contributed by atoms with Crippen LogP contribution in [0.2, 0.25) is 0 Å². The molecule has 0 aliphatic rings. The topological polar surface area (TPSA) is 56.1 Å². The van der Waals surface area contributed by atoms with Crippen molar-refractivity contribution in [2.45, 2.75) is 26.4 Å². The third-order valence-electron chi connectivity index (χ3n) is 3.05. The van der Waals surface area contributed by atoms with Crippen LogP contribution in [0, 0.1) is 5.82 Å². The van der Waals surface area contributed by atoms with E-state index in [1.54, 1.807) is 6.20 Å². The zero-order valence-corrected chi connectivity index (χ0v) is 12.3. The van der Waals surface area contributed by atoms with Crippen molar-refractivity contribution < 1.29 is 13.9 Å². The zero-order chi connectivity index (χ0) is 15.4. The fourth-order valence-electron chi connectivity index (χ4n) is 1.90. The molecular formula is C15H18FN3O2. The molecule has 0 saturated heterocycles. The minimum Gasteiger partial charge on any atom is -0.465 e. The molecule has 1 heterocycles. The van der Waals surface area contributed by atoms with Crippen molar-refractivity contribution in [1.82, 2.24) is 9.78 Å². The molecule has 1 N–H and O–H groups in total. The molecule has 0 amide bonds. The summed E-state index contributed by atoms with van der Waals surface area (Å²) in [6, 6.07) is 4.27. The minimum atomic E-state index is -0.574. The van der Waals surface area contributed by atoms with Crippen LogP contribution in [-0.4, -0.2) is 22.9 Å². The number of aromatic nitrogens is 2. The number of nitrogens with zero attached hydrogens (tertiary/aromatic N) is 2. The number of ether oxygens (including phenoxy) is 1. The third-order valence-corrected chi connectivity index (χ3v) is 3.05. The standard InChI is InChI=1S/C15H18FN3O2/c1-10(2)19-9-11(8-18-19)7-17-14-5-4-12(16)6-13(14)15(20)21-3/h4-6,8-10,17H,7H2,1-3H3. The zero-order valence-electron chi connectivity index (χ0n) is 12.3. The lowest BCUT2D eigenvalue weighted by molar-refractivity contribution is 0.0601. The van der Waals surface area contributed by atoms with Crippen LogP contribution in [0.4, 0.5) is 10.1 Å². The molecule has 2 rings (SSSR count). The van der Waals surface area contributed by atoms with Gasteiger partial charge in [-0.15, -0.1) is 0 Å². The Morgan fingerprint density at radius 2 is 2.24 bits per heavy atom. The van der Waals surface area contributed by atoms with E-state index in [0.717, 1.165) is 11.6 Å². The highest BCUT2D eigenvalue weighted by molar-refractivity contribution is 5.95. The summed E-state index contributed by atoms with van der Waals surface area (Å²) in [4.78, 5) is 11.6. The predicted molar refractivity (Wildman–Crippen MR) is 77.7 cm³/mol. The molecule has 0 saturated carbocycles. The highest BCUT2D eigenvalue weighted by Crippen LogP contribution is 2.19. The molecule has 0 fully saturated rings. The number of benzene rings is 1. The van der Waals surface area contributed by atoms with Gasteiger partial charge in [0.05, 0.1) is 18.9 Å². The Morgan fingerprint density at radius 1 is 1.48 bits per heavy atom. The molecule has 1 aromatic carbocycles. The lowest BCUT2D eigenvalue weighted by Crippen LogP contribution is -2.08. The first kappa shape index (κ1) is 15.0. The van der Waals surface area contributed by atoms with E-state index in [4.69, 9.17) is 0 Å². The molecule has 0 unspecified atom stereocenters. The molecule has 0 aliphatic carbocycles. The Morgan fingerprint density at radius 3 is 2.86 bits per heavy atom. The Hall–Kier alpha value is -2.37. The molecular weight excluding hydrogens is 273 g/mol. The van der Waals surface area contributed by atoms with Gasteiger partial charge >= 0.3 is 5.97 Å². The summed E-state index contributed by atoms with van der Waals surface area (Å²) in [6.45, 7) is 4.57. The Bertz CT molecular complexity index is 638. The number of hydrogen-bond acceptors (Lipinski definition) is 4. The van der Waals surface area contributed by atoms with E-state index >= 15 is 0 Å². The Labute approximate surface area is 122 Å². The molecule has 21 heavy (non-hydrogen) atoms. The van der Waals surface area contributed by atoms with E-state index in [1.807, 2.05) is 24.7 Å². The summed E-state index contributed by atoms with van der Waals surface area (Å²) in [5.41, 5.74) is 1.68. The van der Waals surface area contributed by atoms with Gasteiger partial charge in [0.1, 0.15) is 5.82 Å². The lowest BCUT2D eigenvalue weighted by atomic mass is 10.1. The lowest BCUT2D eigenvalue weighted by Gasteiger charge is -2.10. The largest absolute Gasteiger partial charge is 0.465 e. The molecule has 0 bridgehead atoms.